The minimum atomic E-state index is -4.41. The second-order valence-corrected chi connectivity index (χ2v) is 7.93. The number of halogens is 3. The monoisotopic (exact) mass is 435 g/mol. The fourth-order valence-corrected chi connectivity index (χ4v) is 4.47. The highest BCUT2D eigenvalue weighted by Gasteiger charge is 2.30. The van der Waals surface area contributed by atoms with E-state index in [1.54, 1.807) is 11.6 Å². The Bertz CT molecular complexity index is 1170. The topological polar surface area (TPSA) is 59.4 Å². The Hall–Kier alpha value is -2.91. The van der Waals surface area contributed by atoms with Crippen LogP contribution in [0, 0.1) is 0 Å². The molecule has 148 valence electrons. The summed E-state index contributed by atoms with van der Waals surface area (Å²) in [4.78, 5) is 16.8. The predicted molar refractivity (Wildman–Crippen MR) is 106 cm³/mol. The van der Waals surface area contributed by atoms with E-state index < -0.39 is 17.7 Å². The number of fused-ring (bicyclic) bond motifs is 1. The summed E-state index contributed by atoms with van der Waals surface area (Å²) in [5, 5.41) is 12.1. The first-order chi connectivity index (χ1) is 13.8. The number of rotatable bonds is 5. The van der Waals surface area contributed by atoms with Crippen LogP contribution in [0.3, 0.4) is 0 Å². The van der Waals surface area contributed by atoms with Crippen molar-refractivity contribution in [3.8, 4) is 16.3 Å². The van der Waals surface area contributed by atoms with Crippen LogP contribution >= 0.6 is 22.7 Å². The van der Waals surface area contributed by atoms with Gasteiger partial charge in [-0.3, -0.25) is 0 Å². The van der Waals surface area contributed by atoms with Crippen molar-refractivity contribution in [2.24, 2.45) is 0 Å². The largest absolute Gasteiger partial charge is 0.487 e. The molecule has 4 aromatic rings. The van der Waals surface area contributed by atoms with Crippen LogP contribution in [0.4, 0.5) is 13.2 Å². The van der Waals surface area contributed by atoms with Gasteiger partial charge in [-0.2, -0.15) is 13.2 Å². The van der Waals surface area contributed by atoms with Crippen molar-refractivity contribution >= 4 is 38.7 Å². The van der Waals surface area contributed by atoms with Gasteiger partial charge in [-0.15, -0.1) is 22.7 Å². The van der Waals surface area contributed by atoms with Gasteiger partial charge in [-0.25, -0.2) is 9.78 Å². The second kappa shape index (κ2) is 7.49. The average Bonchev–Trinajstić information content (AvgIpc) is 3.34. The number of thiazole rings is 1. The average molecular weight is 435 g/mol. The maximum absolute atomic E-state index is 12.7. The highest BCUT2D eigenvalue weighted by atomic mass is 32.1. The molecule has 0 unspecified atom stereocenters. The number of carbonyl (C=O) groups is 1. The van der Waals surface area contributed by atoms with E-state index in [4.69, 9.17) is 4.74 Å². The highest BCUT2D eigenvalue weighted by molar-refractivity contribution is 7.22. The predicted octanol–water partition coefficient (Wildman–Crippen LogP) is 6.32. The van der Waals surface area contributed by atoms with Gasteiger partial charge < -0.3 is 9.84 Å². The number of nitrogens with zero attached hydrogens (tertiary/aromatic N) is 1. The molecule has 0 bridgehead atoms. The van der Waals surface area contributed by atoms with Crippen molar-refractivity contribution in [3.05, 3.63) is 70.0 Å². The number of hydrogen-bond donors (Lipinski definition) is 1. The van der Waals surface area contributed by atoms with Crippen molar-refractivity contribution in [3.63, 3.8) is 0 Å². The van der Waals surface area contributed by atoms with Gasteiger partial charge in [0.2, 0.25) is 0 Å². The van der Waals surface area contributed by atoms with Crippen LogP contribution < -0.4 is 4.74 Å². The zero-order valence-corrected chi connectivity index (χ0v) is 16.2. The van der Waals surface area contributed by atoms with Gasteiger partial charge in [0, 0.05) is 15.5 Å². The summed E-state index contributed by atoms with van der Waals surface area (Å²) in [6.07, 6.45) is -4.41. The van der Waals surface area contributed by atoms with Crippen LogP contribution in [-0.2, 0) is 12.8 Å². The molecule has 0 fully saturated rings. The van der Waals surface area contributed by atoms with Crippen LogP contribution in [0.15, 0.2) is 53.4 Å². The van der Waals surface area contributed by atoms with Crippen molar-refractivity contribution in [1.29, 1.82) is 0 Å². The Morgan fingerprint density at radius 2 is 1.90 bits per heavy atom. The van der Waals surface area contributed by atoms with Crippen LogP contribution in [0.2, 0.25) is 0 Å². The molecule has 0 aliphatic rings. The minimum Gasteiger partial charge on any atom is -0.487 e. The van der Waals surface area contributed by atoms with Crippen LogP contribution in [0.1, 0.15) is 21.5 Å². The molecule has 0 aliphatic carbocycles. The number of carboxylic acids is 1. The third-order valence-electron chi connectivity index (χ3n) is 4.23. The Balaban J connectivity index is 1.67. The summed E-state index contributed by atoms with van der Waals surface area (Å²) in [7, 11) is 0. The molecule has 1 N–H and O–H groups in total. The maximum Gasteiger partial charge on any atom is 0.416 e. The van der Waals surface area contributed by atoms with E-state index in [1.807, 2.05) is 11.4 Å². The second-order valence-electron chi connectivity index (χ2n) is 6.13. The number of alkyl halides is 3. The molecule has 0 amide bonds. The Kier molecular flexibility index (Phi) is 5.01. The van der Waals surface area contributed by atoms with Gasteiger partial charge in [0.15, 0.2) is 0 Å². The van der Waals surface area contributed by atoms with E-state index in [1.165, 1.54) is 40.9 Å². The first-order valence-corrected chi connectivity index (χ1v) is 10.1. The molecule has 29 heavy (non-hydrogen) atoms. The lowest BCUT2D eigenvalue weighted by atomic mass is 10.1. The lowest BCUT2D eigenvalue weighted by molar-refractivity contribution is -0.137. The van der Waals surface area contributed by atoms with Crippen molar-refractivity contribution < 1.29 is 27.8 Å². The smallest absolute Gasteiger partial charge is 0.416 e. The van der Waals surface area contributed by atoms with Crippen molar-refractivity contribution in [2.75, 3.05) is 0 Å². The van der Waals surface area contributed by atoms with Crippen molar-refractivity contribution in [1.82, 2.24) is 4.98 Å². The summed E-state index contributed by atoms with van der Waals surface area (Å²) in [6, 6.07) is 9.59. The number of carboxylic acid groups (broad SMARTS) is 1. The van der Waals surface area contributed by atoms with E-state index in [0.29, 0.717) is 10.9 Å². The van der Waals surface area contributed by atoms with Crippen LogP contribution in [0.5, 0.6) is 5.75 Å². The molecule has 2 aromatic carbocycles. The van der Waals surface area contributed by atoms with Crippen molar-refractivity contribution in [2.45, 2.75) is 12.8 Å². The van der Waals surface area contributed by atoms with Gasteiger partial charge in [-0.1, -0.05) is 12.1 Å². The first-order valence-electron chi connectivity index (χ1n) is 8.30. The number of ether oxygens (including phenoxy) is 1. The highest BCUT2D eigenvalue weighted by Crippen LogP contribution is 2.40. The summed E-state index contributed by atoms with van der Waals surface area (Å²) in [5.74, 6) is -0.955. The zero-order chi connectivity index (χ0) is 20.6. The van der Waals surface area contributed by atoms with Gasteiger partial charge >= 0.3 is 12.1 Å². The van der Waals surface area contributed by atoms with E-state index in [-0.39, 0.29) is 17.9 Å². The Labute approximate surface area is 170 Å². The number of aromatic nitrogens is 1. The summed E-state index contributed by atoms with van der Waals surface area (Å²) >= 11 is 2.92. The molecule has 0 saturated carbocycles. The quantitative estimate of drug-likeness (QED) is 0.398. The molecule has 0 aliphatic heterocycles. The fourth-order valence-electron chi connectivity index (χ4n) is 2.82. The molecule has 4 rings (SSSR count). The lowest BCUT2D eigenvalue weighted by Gasteiger charge is -2.12. The third kappa shape index (κ3) is 3.96. The van der Waals surface area contributed by atoms with E-state index in [2.05, 4.69) is 4.98 Å². The van der Waals surface area contributed by atoms with E-state index in [9.17, 15) is 23.1 Å². The molecular weight excluding hydrogens is 423 g/mol. The van der Waals surface area contributed by atoms with Crippen LogP contribution in [0.25, 0.3) is 20.7 Å². The molecule has 0 saturated heterocycles. The SMILES string of the molecule is O=C(O)c1ccc2sc(-c3cscn3)cc2c1OCc1ccc(C(F)(F)F)cc1. The fraction of sp³-hybridized carbons (Fsp3) is 0.100. The maximum atomic E-state index is 12.7. The molecule has 2 aromatic heterocycles. The molecule has 4 nitrogen and oxygen atoms in total. The van der Waals surface area contributed by atoms with Gasteiger partial charge in [0.25, 0.3) is 0 Å². The number of benzene rings is 2. The van der Waals surface area contributed by atoms with E-state index in [0.717, 1.165) is 27.4 Å². The zero-order valence-electron chi connectivity index (χ0n) is 14.6. The molecule has 2 heterocycles. The van der Waals surface area contributed by atoms with Crippen LogP contribution in [-0.4, -0.2) is 16.1 Å². The summed E-state index contributed by atoms with van der Waals surface area (Å²) in [6.45, 7) is -0.0561. The minimum absolute atomic E-state index is 0.00737. The Morgan fingerprint density at radius 3 is 2.52 bits per heavy atom. The van der Waals surface area contributed by atoms with Gasteiger partial charge in [-0.05, 0) is 35.9 Å². The standard InChI is InChI=1S/C20H12F3NO3S2/c21-20(22,23)12-3-1-11(2-4-12)8-27-18-13(19(25)26)5-6-16-14(18)7-17(29-16)15-9-28-10-24-15/h1-7,9-10H,8H2,(H,25,26). The molecule has 9 heteroatoms. The third-order valence-corrected chi connectivity index (χ3v) is 5.94. The Morgan fingerprint density at radius 1 is 1.14 bits per heavy atom. The van der Waals surface area contributed by atoms with Gasteiger partial charge in [0.1, 0.15) is 17.9 Å². The number of aromatic carboxylic acids is 1. The summed E-state index contributed by atoms with van der Waals surface area (Å²) < 4.78 is 44.7. The number of hydrogen-bond acceptors (Lipinski definition) is 5. The molecular formula is C20H12F3NO3S2. The first kappa shape index (κ1) is 19.4. The lowest BCUT2D eigenvalue weighted by Crippen LogP contribution is -2.06. The summed E-state index contributed by atoms with van der Waals surface area (Å²) in [5.41, 5.74) is 2.25. The molecule has 0 radical (unpaired) electrons. The normalized spacial score (nSPS) is 11.7. The van der Waals surface area contributed by atoms with E-state index >= 15 is 0 Å². The molecule has 0 atom stereocenters. The van der Waals surface area contributed by atoms with Gasteiger partial charge in [0.05, 0.1) is 21.6 Å². The molecule has 0 spiro atoms. The number of thiophene rings is 1.